The highest BCUT2D eigenvalue weighted by Crippen LogP contribution is 2.30. The molecular weight excluding hydrogens is 348 g/mol. The second-order valence-electron chi connectivity index (χ2n) is 6.63. The summed E-state index contributed by atoms with van der Waals surface area (Å²) in [5.74, 6) is -0.502. The van der Waals surface area contributed by atoms with Crippen molar-refractivity contribution in [2.45, 2.75) is 47.2 Å². The van der Waals surface area contributed by atoms with Crippen molar-refractivity contribution in [1.29, 1.82) is 0 Å². The van der Waals surface area contributed by atoms with E-state index in [2.05, 4.69) is 46.7 Å². The monoisotopic (exact) mass is 374 g/mol. The van der Waals surface area contributed by atoms with Crippen molar-refractivity contribution < 1.29 is 9.59 Å². The molecule has 2 heterocycles. The Morgan fingerprint density at radius 2 is 2.08 bits per heavy atom. The molecule has 0 saturated heterocycles. The standard InChI is InChI=1S/C19H26N4O2S/c1-7-8-23-12(4)9-15(13(23)5)16-10-26-19(21-16)22-18(25)17(11(2)3)20-14(6)24/h7,9-11,17H,1,8H2,2-6H3,(H,20,24)(H,21,22,25)/t17-/m1/s1. The molecule has 0 spiro atoms. The van der Waals surface area contributed by atoms with E-state index in [1.165, 1.54) is 18.3 Å². The zero-order chi connectivity index (χ0) is 19.4. The van der Waals surface area contributed by atoms with E-state index in [0.717, 1.165) is 29.2 Å². The van der Waals surface area contributed by atoms with E-state index in [4.69, 9.17) is 0 Å². The van der Waals surface area contributed by atoms with Crippen LogP contribution in [-0.4, -0.2) is 27.4 Å². The zero-order valence-corrected chi connectivity index (χ0v) is 16.7. The zero-order valence-electron chi connectivity index (χ0n) is 15.9. The van der Waals surface area contributed by atoms with Crippen LogP contribution in [0.4, 0.5) is 5.13 Å². The molecule has 2 aromatic rings. The summed E-state index contributed by atoms with van der Waals surface area (Å²) < 4.78 is 2.17. The van der Waals surface area contributed by atoms with Crippen LogP contribution in [0.1, 0.15) is 32.2 Å². The smallest absolute Gasteiger partial charge is 0.248 e. The molecule has 2 amide bonds. The first-order chi connectivity index (χ1) is 12.2. The number of hydrogen-bond donors (Lipinski definition) is 2. The summed E-state index contributed by atoms with van der Waals surface area (Å²) in [7, 11) is 0. The molecule has 0 bridgehead atoms. The molecule has 140 valence electrons. The van der Waals surface area contributed by atoms with Gasteiger partial charge in [-0.1, -0.05) is 19.9 Å². The van der Waals surface area contributed by atoms with E-state index in [-0.39, 0.29) is 17.7 Å². The molecule has 26 heavy (non-hydrogen) atoms. The summed E-state index contributed by atoms with van der Waals surface area (Å²) in [4.78, 5) is 28.3. The van der Waals surface area contributed by atoms with Crippen LogP contribution in [-0.2, 0) is 16.1 Å². The number of anilines is 1. The molecule has 2 aromatic heterocycles. The second-order valence-corrected chi connectivity index (χ2v) is 7.49. The largest absolute Gasteiger partial charge is 0.345 e. The van der Waals surface area contributed by atoms with Crippen molar-refractivity contribution in [3.8, 4) is 11.3 Å². The van der Waals surface area contributed by atoms with Crippen LogP contribution in [0.3, 0.4) is 0 Å². The molecule has 0 radical (unpaired) electrons. The lowest BCUT2D eigenvalue weighted by molar-refractivity contribution is -0.126. The molecule has 0 saturated carbocycles. The Morgan fingerprint density at radius 1 is 1.38 bits per heavy atom. The minimum absolute atomic E-state index is 0.0174. The number of aryl methyl sites for hydroxylation is 1. The molecule has 0 aromatic carbocycles. The third-order valence-corrected chi connectivity index (χ3v) is 4.96. The van der Waals surface area contributed by atoms with Crippen LogP contribution in [0.2, 0.25) is 0 Å². The van der Waals surface area contributed by atoms with Crippen molar-refractivity contribution in [1.82, 2.24) is 14.9 Å². The Bertz CT molecular complexity index is 820. The molecular formula is C19H26N4O2S. The maximum absolute atomic E-state index is 12.5. The average Bonchev–Trinajstić information content (AvgIpc) is 3.11. The van der Waals surface area contributed by atoms with Gasteiger partial charge in [0.15, 0.2) is 5.13 Å². The number of nitrogens with zero attached hydrogens (tertiary/aromatic N) is 2. The molecule has 6 nitrogen and oxygen atoms in total. The Balaban J connectivity index is 2.20. The maximum atomic E-state index is 12.5. The number of amides is 2. The molecule has 0 aliphatic carbocycles. The van der Waals surface area contributed by atoms with E-state index < -0.39 is 6.04 Å². The van der Waals surface area contributed by atoms with Gasteiger partial charge in [-0.05, 0) is 25.8 Å². The number of nitrogens with one attached hydrogen (secondary N) is 2. The van der Waals surface area contributed by atoms with E-state index >= 15 is 0 Å². The van der Waals surface area contributed by atoms with E-state index in [9.17, 15) is 9.59 Å². The highest BCUT2D eigenvalue weighted by Gasteiger charge is 2.24. The van der Waals surface area contributed by atoms with Gasteiger partial charge in [-0.15, -0.1) is 17.9 Å². The fourth-order valence-electron chi connectivity index (χ4n) is 2.86. The minimum atomic E-state index is -0.586. The molecule has 0 aliphatic rings. The van der Waals surface area contributed by atoms with Crippen molar-refractivity contribution in [2.24, 2.45) is 5.92 Å². The fourth-order valence-corrected chi connectivity index (χ4v) is 3.58. The predicted molar refractivity (Wildman–Crippen MR) is 106 cm³/mol. The highest BCUT2D eigenvalue weighted by molar-refractivity contribution is 7.14. The fraction of sp³-hybridized carbons (Fsp3) is 0.421. The van der Waals surface area contributed by atoms with Gasteiger partial charge in [-0.25, -0.2) is 4.98 Å². The van der Waals surface area contributed by atoms with Crippen LogP contribution in [0.25, 0.3) is 11.3 Å². The van der Waals surface area contributed by atoms with Crippen molar-refractivity contribution in [3.63, 3.8) is 0 Å². The molecule has 2 N–H and O–H groups in total. The molecule has 1 atom stereocenters. The van der Waals surface area contributed by atoms with Crippen molar-refractivity contribution >= 4 is 28.3 Å². The first kappa shape index (κ1) is 19.9. The number of aromatic nitrogens is 2. The summed E-state index contributed by atoms with van der Waals surface area (Å²) >= 11 is 1.37. The summed E-state index contributed by atoms with van der Waals surface area (Å²) in [6.45, 7) is 13.8. The Hall–Kier alpha value is -2.41. The summed E-state index contributed by atoms with van der Waals surface area (Å²) in [6.07, 6.45) is 1.87. The van der Waals surface area contributed by atoms with Gasteiger partial charge in [0.1, 0.15) is 6.04 Å². The second kappa shape index (κ2) is 8.31. The normalized spacial score (nSPS) is 12.1. The van der Waals surface area contributed by atoms with Gasteiger partial charge < -0.3 is 15.2 Å². The van der Waals surface area contributed by atoms with Gasteiger partial charge >= 0.3 is 0 Å². The highest BCUT2D eigenvalue weighted by atomic mass is 32.1. The Kier molecular flexibility index (Phi) is 6.37. The summed E-state index contributed by atoms with van der Waals surface area (Å²) in [5, 5.41) is 7.95. The SMILES string of the molecule is C=CCn1c(C)cc(-c2csc(NC(=O)[C@H](NC(C)=O)C(C)C)n2)c1C. The Labute approximate surface area is 158 Å². The molecule has 2 rings (SSSR count). The lowest BCUT2D eigenvalue weighted by Gasteiger charge is -2.20. The van der Waals surface area contributed by atoms with Gasteiger partial charge in [-0.2, -0.15) is 0 Å². The maximum Gasteiger partial charge on any atom is 0.248 e. The van der Waals surface area contributed by atoms with Crippen LogP contribution < -0.4 is 10.6 Å². The first-order valence-corrected chi connectivity index (χ1v) is 9.44. The van der Waals surface area contributed by atoms with Crippen molar-refractivity contribution in [3.05, 3.63) is 35.5 Å². The minimum Gasteiger partial charge on any atom is -0.345 e. The van der Waals surface area contributed by atoms with Gasteiger partial charge in [-0.3, -0.25) is 9.59 Å². The quantitative estimate of drug-likeness (QED) is 0.728. The summed E-state index contributed by atoms with van der Waals surface area (Å²) in [5.41, 5.74) is 4.13. The van der Waals surface area contributed by atoms with E-state index in [1.54, 1.807) is 0 Å². The van der Waals surface area contributed by atoms with Crippen LogP contribution in [0.5, 0.6) is 0 Å². The van der Waals surface area contributed by atoms with Crippen LogP contribution in [0, 0.1) is 19.8 Å². The number of carbonyl (C=O) groups excluding carboxylic acids is 2. The lowest BCUT2D eigenvalue weighted by Crippen LogP contribution is -2.46. The molecule has 0 unspecified atom stereocenters. The lowest BCUT2D eigenvalue weighted by atomic mass is 10.0. The van der Waals surface area contributed by atoms with E-state index in [1.807, 2.05) is 25.3 Å². The third kappa shape index (κ3) is 4.40. The van der Waals surface area contributed by atoms with Crippen LogP contribution >= 0.6 is 11.3 Å². The van der Waals surface area contributed by atoms with Gasteiger partial charge in [0.05, 0.1) is 5.69 Å². The van der Waals surface area contributed by atoms with E-state index in [0.29, 0.717) is 5.13 Å². The average molecular weight is 375 g/mol. The number of allylic oxidation sites excluding steroid dienone is 1. The topological polar surface area (TPSA) is 76.0 Å². The molecule has 0 fully saturated rings. The summed E-state index contributed by atoms with van der Waals surface area (Å²) in [6, 6.07) is 1.51. The third-order valence-electron chi connectivity index (χ3n) is 4.20. The number of hydrogen-bond acceptors (Lipinski definition) is 4. The Morgan fingerprint density at radius 3 is 2.65 bits per heavy atom. The molecule has 0 aliphatic heterocycles. The number of carbonyl (C=O) groups is 2. The predicted octanol–water partition coefficient (Wildman–Crippen LogP) is 3.51. The van der Waals surface area contributed by atoms with Gasteiger partial charge in [0.2, 0.25) is 11.8 Å². The van der Waals surface area contributed by atoms with Crippen molar-refractivity contribution in [2.75, 3.05) is 5.32 Å². The first-order valence-electron chi connectivity index (χ1n) is 8.56. The van der Waals surface area contributed by atoms with Gasteiger partial charge in [0, 0.05) is 35.8 Å². The number of rotatable bonds is 7. The van der Waals surface area contributed by atoms with Crippen LogP contribution in [0.15, 0.2) is 24.1 Å². The molecule has 7 heteroatoms. The number of thiazole rings is 1. The van der Waals surface area contributed by atoms with Gasteiger partial charge in [0.25, 0.3) is 0 Å².